The average Bonchev–Trinajstić information content (AvgIpc) is 3.00. The minimum absolute atomic E-state index is 0. The normalized spacial score (nSPS) is 21.1. The molecule has 1 aliphatic rings. The van der Waals surface area contributed by atoms with Gasteiger partial charge in [0.2, 0.25) is 0 Å². The van der Waals surface area contributed by atoms with Gasteiger partial charge in [0.1, 0.15) is 5.78 Å². The number of allylic oxidation sites excluding steroid dienone is 2. The van der Waals surface area contributed by atoms with Crippen LogP contribution in [-0.4, -0.2) is 10.9 Å². The average molecular weight is 430 g/mol. The van der Waals surface area contributed by atoms with Crippen LogP contribution in [0.5, 0.6) is 0 Å². The maximum atomic E-state index is 12.3. The summed E-state index contributed by atoms with van der Waals surface area (Å²) in [5.41, 5.74) is 2.24. The molecule has 1 aliphatic carbocycles. The fraction of sp³-hybridized carbons (Fsp3) is 0.565. The molecule has 2 rings (SSSR count). The van der Waals surface area contributed by atoms with E-state index in [9.17, 15) is 9.90 Å². The van der Waals surface area contributed by atoms with Crippen molar-refractivity contribution in [2.45, 2.75) is 76.7 Å². The van der Waals surface area contributed by atoms with Crippen molar-refractivity contribution in [1.82, 2.24) is 0 Å². The fourth-order valence-electron chi connectivity index (χ4n) is 3.80. The number of aliphatic hydroxyl groups excluding tert-OH is 1. The topological polar surface area (TPSA) is 37.3 Å². The first-order valence-corrected chi connectivity index (χ1v) is 9.92. The second kappa shape index (κ2) is 13.0. The van der Waals surface area contributed by atoms with E-state index in [0.717, 1.165) is 44.1 Å². The molecule has 0 bridgehead atoms. The Kier molecular flexibility index (Phi) is 11.8. The number of Topliss-reactive ketones (excluding diaryl/α,β-unsaturated/α-hetero) is 1. The number of carbonyl (C=O) groups is 1. The van der Waals surface area contributed by atoms with Crippen LogP contribution in [0.2, 0.25) is 0 Å². The molecule has 2 nitrogen and oxygen atoms in total. The molecule has 0 aromatic heterocycles. The van der Waals surface area contributed by atoms with E-state index in [-0.39, 0.29) is 44.7 Å². The van der Waals surface area contributed by atoms with E-state index in [4.69, 9.17) is 0 Å². The zero-order valence-corrected chi connectivity index (χ0v) is 19.0. The molecule has 3 atom stereocenters. The minimum Gasteiger partial charge on any atom is -0.388 e. The van der Waals surface area contributed by atoms with E-state index < -0.39 is 0 Å². The van der Waals surface area contributed by atoms with E-state index in [0.29, 0.717) is 18.1 Å². The van der Waals surface area contributed by atoms with Crippen LogP contribution in [0.25, 0.3) is 0 Å². The van der Waals surface area contributed by atoms with Crippen molar-refractivity contribution in [2.24, 2.45) is 5.92 Å². The third-order valence-corrected chi connectivity index (χ3v) is 5.36. The van der Waals surface area contributed by atoms with Crippen molar-refractivity contribution < 1.29 is 42.6 Å². The van der Waals surface area contributed by atoms with Crippen molar-refractivity contribution in [3.05, 3.63) is 54.5 Å². The first-order chi connectivity index (χ1) is 12.2. The summed E-state index contributed by atoms with van der Waals surface area (Å²) >= 11 is 0. The van der Waals surface area contributed by atoms with Crippen LogP contribution in [0.4, 0.5) is 0 Å². The number of aliphatic hydroxyl groups is 1. The van der Waals surface area contributed by atoms with Gasteiger partial charge in [-0.05, 0) is 36.3 Å². The number of benzene rings is 1. The molecule has 141 valence electrons. The molecular formula is C23H33O2Y-. The van der Waals surface area contributed by atoms with Gasteiger partial charge in [0, 0.05) is 45.0 Å². The summed E-state index contributed by atoms with van der Waals surface area (Å²) in [4.78, 5) is 12.3. The third kappa shape index (κ3) is 7.02. The first-order valence-electron chi connectivity index (χ1n) is 9.92. The monoisotopic (exact) mass is 430 g/mol. The summed E-state index contributed by atoms with van der Waals surface area (Å²) in [6, 6.07) is 8.33. The van der Waals surface area contributed by atoms with Crippen LogP contribution < -0.4 is 0 Å². The Morgan fingerprint density at radius 2 is 1.96 bits per heavy atom. The Morgan fingerprint density at radius 1 is 1.23 bits per heavy atom. The van der Waals surface area contributed by atoms with Crippen LogP contribution in [0, 0.1) is 12.8 Å². The summed E-state index contributed by atoms with van der Waals surface area (Å²) in [5, 5.41) is 10.3. The van der Waals surface area contributed by atoms with Gasteiger partial charge in [0.05, 0.1) is 6.10 Å². The standard InChI is InChI=1S/C23H33O2.Y/c1-3-5-7-9-10-21-20(16-17-23(21)25)18-12-14-19(15-13-18)22(24)11-8-6-4-2;/h7,9,12-15,20-22,24H,1,3-6,8,10-11,16-17H2,2H3;/q-1;. The summed E-state index contributed by atoms with van der Waals surface area (Å²) in [6.07, 6.45) is 12.5. The van der Waals surface area contributed by atoms with Crippen LogP contribution in [0.15, 0.2) is 36.4 Å². The van der Waals surface area contributed by atoms with Crippen molar-refractivity contribution in [2.75, 3.05) is 0 Å². The summed E-state index contributed by atoms with van der Waals surface area (Å²) < 4.78 is 0. The number of unbranched alkanes of at least 4 members (excludes halogenated alkanes) is 3. The second-order valence-electron chi connectivity index (χ2n) is 7.25. The largest absolute Gasteiger partial charge is 0.388 e. The molecular weight excluding hydrogens is 397 g/mol. The van der Waals surface area contributed by atoms with Crippen molar-refractivity contribution in [1.29, 1.82) is 0 Å². The zero-order chi connectivity index (χ0) is 18.1. The number of rotatable bonds is 10. The van der Waals surface area contributed by atoms with Crippen LogP contribution >= 0.6 is 0 Å². The predicted molar refractivity (Wildman–Crippen MR) is 104 cm³/mol. The smallest absolute Gasteiger partial charge is 0.136 e. The minimum atomic E-state index is -0.368. The molecule has 0 heterocycles. The third-order valence-electron chi connectivity index (χ3n) is 5.36. The molecule has 3 unspecified atom stereocenters. The van der Waals surface area contributed by atoms with Gasteiger partial charge in [-0.15, -0.1) is 0 Å². The zero-order valence-electron chi connectivity index (χ0n) is 16.2. The molecule has 3 heteroatoms. The molecule has 1 aromatic rings. The molecule has 1 fully saturated rings. The molecule has 0 saturated heterocycles. The second-order valence-corrected chi connectivity index (χ2v) is 7.25. The van der Waals surface area contributed by atoms with Crippen molar-refractivity contribution in [3.8, 4) is 0 Å². The van der Waals surface area contributed by atoms with Gasteiger partial charge in [0.25, 0.3) is 0 Å². The Morgan fingerprint density at radius 3 is 2.62 bits per heavy atom. The summed E-state index contributed by atoms with van der Waals surface area (Å²) in [5.74, 6) is 0.831. The summed E-state index contributed by atoms with van der Waals surface area (Å²) in [6.45, 7) is 6.02. The summed E-state index contributed by atoms with van der Waals surface area (Å²) in [7, 11) is 0. The molecule has 26 heavy (non-hydrogen) atoms. The van der Waals surface area contributed by atoms with E-state index in [1.165, 1.54) is 18.4 Å². The maximum Gasteiger partial charge on any atom is 0.136 e. The molecule has 1 aromatic carbocycles. The first kappa shape index (κ1) is 23.7. The van der Waals surface area contributed by atoms with Gasteiger partial charge in [-0.1, -0.05) is 69.0 Å². The Hall–Kier alpha value is -0.306. The van der Waals surface area contributed by atoms with E-state index in [1.807, 2.05) is 12.1 Å². The van der Waals surface area contributed by atoms with Crippen molar-refractivity contribution in [3.63, 3.8) is 0 Å². The molecule has 1 N–H and O–H groups in total. The van der Waals surface area contributed by atoms with Gasteiger partial charge in [-0.2, -0.15) is 6.42 Å². The van der Waals surface area contributed by atoms with Gasteiger partial charge >= 0.3 is 0 Å². The van der Waals surface area contributed by atoms with Gasteiger partial charge in [-0.3, -0.25) is 4.79 Å². The Bertz CT molecular complexity index is 550. The maximum absolute atomic E-state index is 12.3. The molecule has 0 amide bonds. The van der Waals surface area contributed by atoms with Gasteiger partial charge < -0.3 is 12.0 Å². The van der Waals surface area contributed by atoms with E-state index in [2.05, 4.69) is 38.1 Å². The Labute approximate surface area is 184 Å². The number of hydrogen-bond acceptors (Lipinski definition) is 2. The fourth-order valence-corrected chi connectivity index (χ4v) is 3.80. The molecule has 0 aliphatic heterocycles. The van der Waals surface area contributed by atoms with Crippen LogP contribution in [0.3, 0.4) is 0 Å². The van der Waals surface area contributed by atoms with Gasteiger partial charge in [-0.25, -0.2) is 0 Å². The molecule has 1 radical (unpaired) electrons. The van der Waals surface area contributed by atoms with Crippen LogP contribution in [0.1, 0.15) is 87.9 Å². The Balaban J connectivity index is 0.00000338. The number of hydrogen-bond donors (Lipinski definition) is 1. The van der Waals surface area contributed by atoms with Gasteiger partial charge in [0.15, 0.2) is 0 Å². The predicted octanol–water partition coefficient (Wildman–Crippen LogP) is 5.92. The number of ketones is 1. The molecule has 0 spiro atoms. The van der Waals surface area contributed by atoms with Crippen LogP contribution in [-0.2, 0) is 37.5 Å². The van der Waals surface area contributed by atoms with E-state index in [1.54, 1.807) is 0 Å². The SMILES string of the molecule is [CH2-]CCC=CCC1C(=O)CCC1c1ccc(C(O)CCCCC)cc1.[Y]. The number of carbonyl (C=O) groups excluding carboxylic acids is 1. The van der Waals surface area contributed by atoms with Crippen molar-refractivity contribution >= 4 is 5.78 Å². The van der Waals surface area contributed by atoms with E-state index >= 15 is 0 Å². The molecule has 1 saturated carbocycles. The quantitative estimate of drug-likeness (QED) is 0.284.